The van der Waals surface area contributed by atoms with Crippen LogP contribution in [-0.4, -0.2) is 65.7 Å². The first-order valence-electron chi connectivity index (χ1n) is 12.4. The van der Waals surface area contributed by atoms with Crippen LogP contribution in [0.2, 0.25) is 0 Å². The van der Waals surface area contributed by atoms with Crippen LogP contribution in [-0.2, 0) is 14.3 Å². The van der Waals surface area contributed by atoms with E-state index in [9.17, 15) is 9.59 Å². The molecule has 10 heteroatoms. The minimum atomic E-state index is -0.450. The Balaban J connectivity index is 1.52. The van der Waals surface area contributed by atoms with Crippen LogP contribution in [0.5, 0.6) is 0 Å². The van der Waals surface area contributed by atoms with E-state index in [0.717, 1.165) is 35.0 Å². The van der Waals surface area contributed by atoms with Crippen molar-refractivity contribution in [2.24, 2.45) is 0 Å². The number of carbonyl (C=O) groups excluding carboxylic acids is 2. The molecule has 37 heavy (non-hydrogen) atoms. The lowest BCUT2D eigenvalue weighted by atomic mass is 9.82. The zero-order chi connectivity index (χ0) is 25.7. The number of ether oxygens (including phenoxy) is 1. The van der Waals surface area contributed by atoms with Gasteiger partial charge in [-0.2, -0.15) is 0 Å². The third-order valence-electron chi connectivity index (χ3n) is 7.84. The van der Waals surface area contributed by atoms with Gasteiger partial charge in [0.05, 0.1) is 38.7 Å². The molecule has 3 N–H and O–H groups in total. The molecule has 3 aromatic heterocycles. The standard InChI is InChI=1S/C27H28N6O3S/c1-4-27(28-2)10-11-33(14-19(27)36-3)26-30-17-8-6-5-7-15(17)22(31-26)21-20(24(34)32-25(21)35)16-13-29-18-9-12-37-23(16)18/h5-9,12-13,19,28-29H,4,10-11,14H2,1-3H3,(H,32,34,35). The highest BCUT2D eigenvalue weighted by Crippen LogP contribution is 2.39. The second-order valence-electron chi connectivity index (χ2n) is 9.47. The van der Waals surface area contributed by atoms with Crippen LogP contribution in [0.25, 0.3) is 32.3 Å². The van der Waals surface area contributed by atoms with E-state index < -0.39 is 11.8 Å². The van der Waals surface area contributed by atoms with Crippen molar-refractivity contribution < 1.29 is 14.3 Å². The van der Waals surface area contributed by atoms with E-state index >= 15 is 0 Å². The summed E-state index contributed by atoms with van der Waals surface area (Å²) in [5.41, 5.74) is 3.28. The van der Waals surface area contributed by atoms with Crippen LogP contribution in [0.4, 0.5) is 5.95 Å². The van der Waals surface area contributed by atoms with Gasteiger partial charge in [-0.25, -0.2) is 9.97 Å². The molecule has 2 atom stereocenters. The first-order valence-corrected chi connectivity index (χ1v) is 13.3. The highest BCUT2D eigenvalue weighted by atomic mass is 32.1. The average Bonchev–Trinajstić information content (AvgIpc) is 3.62. The lowest BCUT2D eigenvalue weighted by Crippen LogP contribution is -2.62. The highest BCUT2D eigenvalue weighted by molar-refractivity contribution is 7.17. The zero-order valence-corrected chi connectivity index (χ0v) is 21.7. The van der Waals surface area contributed by atoms with E-state index in [0.29, 0.717) is 34.8 Å². The summed E-state index contributed by atoms with van der Waals surface area (Å²) in [4.78, 5) is 41.5. The van der Waals surface area contributed by atoms with Crippen molar-refractivity contribution in [3.63, 3.8) is 0 Å². The molecular weight excluding hydrogens is 488 g/mol. The van der Waals surface area contributed by atoms with E-state index in [2.05, 4.69) is 27.4 Å². The molecule has 0 radical (unpaired) electrons. The topological polar surface area (TPSA) is 112 Å². The maximum Gasteiger partial charge on any atom is 0.261 e. The molecule has 2 unspecified atom stereocenters. The number of hydrogen-bond acceptors (Lipinski definition) is 8. The van der Waals surface area contributed by atoms with Crippen molar-refractivity contribution in [3.8, 4) is 0 Å². The number of nitrogens with zero attached hydrogens (tertiary/aromatic N) is 3. The molecule has 5 heterocycles. The Labute approximate surface area is 217 Å². The summed E-state index contributed by atoms with van der Waals surface area (Å²) in [7, 11) is 3.71. The molecule has 1 saturated heterocycles. The van der Waals surface area contributed by atoms with Gasteiger partial charge in [0.25, 0.3) is 11.8 Å². The van der Waals surface area contributed by atoms with Crippen LogP contribution in [0.3, 0.4) is 0 Å². The van der Waals surface area contributed by atoms with E-state index in [4.69, 9.17) is 14.7 Å². The van der Waals surface area contributed by atoms with E-state index in [1.807, 2.05) is 42.8 Å². The number of methoxy groups -OCH3 is 1. The van der Waals surface area contributed by atoms with Crippen molar-refractivity contribution in [1.82, 2.24) is 25.6 Å². The fraction of sp³-hybridized carbons (Fsp3) is 0.333. The molecule has 9 nitrogen and oxygen atoms in total. The molecule has 2 aliphatic rings. The third-order valence-corrected chi connectivity index (χ3v) is 8.78. The smallest absolute Gasteiger partial charge is 0.261 e. The number of nitrogens with one attached hydrogen (secondary N) is 3. The molecule has 0 saturated carbocycles. The predicted octanol–water partition coefficient (Wildman–Crippen LogP) is 3.33. The molecule has 0 spiro atoms. The van der Waals surface area contributed by atoms with Gasteiger partial charge in [0.15, 0.2) is 0 Å². The number of carbonyl (C=O) groups is 2. The maximum atomic E-state index is 13.3. The summed E-state index contributed by atoms with van der Waals surface area (Å²) in [5.74, 6) is -0.349. The summed E-state index contributed by atoms with van der Waals surface area (Å²) < 4.78 is 6.84. The highest BCUT2D eigenvalue weighted by Gasteiger charge is 2.42. The lowest BCUT2D eigenvalue weighted by Gasteiger charge is -2.46. The fourth-order valence-corrected chi connectivity index (χ4v) is 6.56. The second-order valence-corrected chi connectivity index (χ2v) is 10.4. The van der Waals surface area contributed by atoms with Crippen molar-refractivity contribution in [3.05, 3.63) is 53.2 Å². The Bertz CT molecular complexity index is 1570. The SMILES string of the molecule is CCC1(NC)CCN(c2nc(C3=C(c4c[nH]c5ccsc45)C(=O)NC3=O)c3ccccc3n2)CC1OC. The number of piperidine rings is 1. The molecule has 4 aromatic rings. The number of benzene rings is 1. The molecule has 0 bridgehead atoms. The Morgan fingerprint density at radius 2 is 2.00 bits per heavy atom. The number of imide groups is 1. The summed E-state index contributed by atoms with van der Waals surface area (Å²) in [6.07, 6.45) is 3.52. The Kier molecular flexibility index (Phi) is 5.82. The van der Waals surface area contributed by atoms with Gasteiger partial charge in [-0.3, -0.25) is 14.9 Å². The second kappa shape index (κ2) is 9.05. The molecule has 1 fully saturated rings. The molecule has 1 aromatic carbocycles. The molecule has 6 rings (SSSR count). The number of amides is 2. The first kappa shape index (κ1) is 23.8. The van der Waals surface area contributed by atoms with Crippen LogP contribution in [0.15, 0.2) is 41.9 Å². The van der Waals surface area contributed by atoms with Gasteiger partial charge in [-0.1, -0.05) is 25.1 Å². The van der Waals surface area contributed by atoms with Gasteiger partial charge in [0, 0.05) is 42.9 Å². The third kappa shape index (κ3) is 3.66. The zero-order valence-electron chi connectivity index (χ0n) is 20.9. The van der Waals surface area contributed by atoms with Gasteiger partial charge in [-0.05, 0) is 37.4 Å². The summed E-state index contributed by atoms with van der Waals surface area (Å²) in [5, 5.41) is 8.66. The van der Waals surface area contributed by atoms with Crippen molar-refractivity contribution in [2.75, 3.05) is 32.1 Å². The largest absolute Gasteiger partial charge is 0.378 e. The van der Waals surface area contributed by atoms with Crippen molar-refractivity contribution in [2.45, 2.75) is 31.4 Å². The fourth-order valence-electron chi connectivity index (χ4n) is 5.68. The Hall–Kier alpha value is -3.60. The van der Waals surface area contributed by atoms with Crippen LogP contribution < -0.4 is 15.5 Å². The van der Waals surface area contributed by atoms with E-state index in [1.54, 1.807) is 13.3 Å². The first-order chi connectivity index (χ1) is 18.0. The number of hydrogen-bond donors (Lipinski definition) is 3. The number of thiophene rings is 1. The van der Waals surface area contributed by atoms with Crippen molar-refractivity contribution in [1.29, 1.82) is 0 Å². The number of H-pyrrole nitrogens is 1. The van der Waals surface area contributed by atoms with Crippen molar-refractivity contribution >= 4 is 61.4 Å². The number of aromatic nitrogens is 3. The summed E-state index contributed by atoms with van der Waals surface area (Å²) in [6, 6.07) is 9.57. The van der Waals surface area contributed by atoms with Gasteiger partial charge in [0.1, 0.15) is 0 Å². The number of para-hydroxylation sites is 1. The number of anilines is 1. The van der Waals surface area contributed by atoms with Gasteiger partial charge in [0.2, 0.25) is 5.95 Å². The van der Waals surface area contributed by atoms with Crippen LogP contribution in [0, 0.1) is 0 Å². The molecule has 190 valence electrons. The maximum absolute atomic E-state index is 13.3. The Morgan fingerprint density at radius 1 is 1.19 bits per heavy atom. The molecule has 2 amide bonds. The van der Waals surface area contributed by atoms with Gasteiger partial charge >= 0.3 is 0 Å². The normalized spacial score (nSPS) is 22.5. The van der Waals surface area contributed by atoms with Crippen LogP contribution in [0.1, 0.15) is 31.0 Å². The molecule has 0 aliphatic carbocycles. The monoisotopic (exact) mass is 516 g/mol. The van der Waals surface area contributed by atoms with Crippen LogP contribution >= 0.6 is 11.3 Å². The quantitative estimate of drug-likeness (QED) is 0.337. The Morgan fingerprint density at radius 3 is 2.78 bits per heavy atom. The molecule has 2 aliphatic heterocycles. The van der Waals surface area contributed by atoms with E-state index in [1.165, 1.54) is 11.3 Å². The summed E-state index contributed by atoms with van der Waals surface area (Å²) in [6.45, 7) is 3.50. The van der Waals surface area contributed by atoms with E-state index in [-0.39, 0.29) is 17.2 Å². The number of fused-ring (bicyclic) bond motifs is 2. The number of aromatic amines is 1. The van der Waals surface area contributed by atoms with Gasteiger partial charge in [-0.15, -0.1) is 11.3 Å². The summed E-state index contributed by atoms with van der Waals surface area (Å²) >= 11 is 1.53. The molecular formula is C27H28N6O3S. The number of rotatable bonds is 6. The number of likely N-dealkylation sites (N-methyl/N-ethyl adjacent to an activating group) is 1. The minimum absolute atomic E-state index is 0.0622. The predicted molar refractivity (Wildman–Crippen MR) is 145 cm³/mol. The lowest BCUT2D eigenvalue weighted by molar-refractivity contribution is -0.122. The minimum Gasteiger partial charge on any atom is -0.378 e. The average molecular weight is 517 g/mol. The van der Waals surface area contributed by atoms with Gasteiger partial charge < -0.3 is 19.9 Å².